The van der Waals surface area contributed by atoms with Crippen LogP contribution in [0.15, 0.2) is 24.3 Å². The number of nitrogens with one attached hydrogen (secondary N) is 1. The van der Waals surface area contributed by atoms with E-state index in [0.29, 0.717) is 5.56 Å². The summed E-state index contributed by atoms with van der Waals surface area (Å²) < 4.78 is 0. The lowest BCUT2D eigenvalue weighted by molar-refractivity contribution is 0.0697. The summed E-state index contributed by atoms with van der Waals surface area (Å²) in [7, 11) is 0. The normalized spacial score (nSPS) is 10.8. The summed E-state index contributed by atoms with van der Waals surface area (Å²) >= 11 is 0. The van der Waals surface area contributed by atoms with Gasteiger partial charge in [-0.15, -0.1) is 0 Å². The predicted molar refractivity (Wildman–Crippen MR) is 89.0 cm³/mol. The highest BCUT2D eigenvalue weighted by Gasteiger charge is 2.08. The summed E-state index contributed by atoms with van der Waals surface area (Å²) in [5.74, 6) is -0.0589. The van der Waals surface area contributed by atoms with Gasteiger partial charge in [-0.2, -0.15) is 0 Å². The van der Waals surface area contributed by atoms with Gasteiger partial charge >= 0.3 is 5.97 Å². The van der Waals surface area contributed by atoms with Crippen LogP contribution in [0.1, 0.15) is 69.2 Å². The quantitative estimate of drug-likeness (QED) is 0.590. The highest BCUT2D eigenvalue weighted by molar-refractivity contribution is 5.87. The number of carboxylic acid groups (broad SMARTS) is 1. The maximum absolute atomic E-state index is 10.8. The molecule has 0 heterocycles. The molecule has 0 aliphatic heterocycles. The molecule has 1 aromatic carbocycles. The summed E-state index contributed by atoms with van der Waals surface area (Å²) in [6.07, 6.45) is 9.04. The van der Waals surface area contributed by atoms with Crippen molar-refractivity contribution >= 4 is 11.7 Å². The monoisotopic (exact) mass is 291 g/mol. The number of carboxylic acids is 1. The van der Waals surface area contributed by atoms with Gasteiger partial charge in [0.25, 0.3) is 0 Å². The molecule has 0 aliphatic rings. The van der Waals surface area contributed by atoms with E-state index in [1.54, 1.807) is 12.1 Å². The van der Waals surface area contributed by atoms with Crippen LogP contribution in [0.4, 0.5) is 5.69 Å². The van der Waals surface area contributed by atoms with Crippen LogP contribution in [0, 0.1) is 5.92 Å². The Bertz CT molecular complexity index is 392. The van der Waals surface area contributed by atoms with Crippen molar-refractivity contribution in [3.05, 3.63) is 29.8 Å². The van der Waals surface area contributed by atoms with Crippen LogP contribution in [0.3, 0.4) is 0 Å². The molecule has 1 rings (SSSR count). The largest absolute Gasteiger partial charge is 0.478 e. The van der Waals surface area contributed by atoms with Crippen molar-refractivity contribution in [2.75, 3.05) is 11.9 Å². The Balaban J connectivity index is 2.36. The predicted octanol–water partition coefficient (Wildman–Crippen LogP) is 5.18. The first kappa shape index (κ1) is 17.5. The van der Waals surface area contributed by atoms with Crippen molar-refractivity contribution in [1.82, 2.24) is 0 Å². The topological polar surface area (TPSA) is 49.3 Å². The van der Waals surface area contributed by atoms with Crippen molar-refractivity contribution in [3.63, 3.8) is 0 Å². The molecule has 21 heavy (non-hydrogen) atoms. The molecule has 0 aliphatic carbocycles. The van der Waals surface area contributed by atoms with E-state index in [1.165, 1.54) is 44.9 Å². The van der Waals surface area contributed by atoms with Crippen molar-refractivity contribution in [2.24, 2.45) is 5.92 Å². The van der Waals surface area contributed by atoms with E-state index < -0.39 is 5.97 Å². The van der Waals surface area contributed by atoms with E-state index in [9.17, 15) is 4.79 Å². The van der Waals surface area contributed by atoms with Crippen molar-refractivity contribution in [1.29, 1.82) is 0 Å². The molecule has 118 valence electrons. The van der Waals surface area contributed by atoms with Gasteiger partial charge in [-0.1, -0.05) is 52.4 Å². The van der Waals surface area contributed by atoms with Crippen LogP contribution in [-0.4, -0.2) is 17.6 Å². The van der Waals surface area contributed by atoms with Gasteiger partial charge in [0.05, 0.1) is 5.56 Å². The standard InChI is InChI=1S/C18H29NO2/c1-3-5-7-15(8-6-4-2)13-14-19-17-11-9-16(10-12-17)18(20)21/h9-12,15,19H,3-8,13-14H2,1-2H3,(H,20,21). The molecule has 0 fully saturated rings. The third kappa shape index (κ3) is 7.16. The third-order valence-corrected chi connectivity index (χ3v) is 3.95. The maximum atomic E-state index is 10.8. The number of aromatic carboxylic acids is 1. The second-order valence-corrected chi connectivity index (χ2v) is 5.75. The van der Waals surface area contributed by atoms with Gasteiger partial charge in [0.15, 0.2) is 0 Å². The molecule has 0 aromatic heterocycles. The number of anilines is 1. The lowest BCUT2D eigenvalue weighted by Gasteiger charge is -2.17. The fourth-order valence-corrected chi connectivity index (χ4v) is 2.57. The van der Waals surface area contributed by atoms with E-state index in [-0.39, 0.29) is 0 Å². The number of benzene rings is 1. The first-order valence-electron chi connectivity index (χ1n) is 8.24. The number of carbonyl (C=O) groups is 1. The minimum absolute atomic E-state index is 0.337. The molecule has 0 atom stereocenters. The Morgan fingerprint density at radius 1 is 1.05 bits per heavy atom. The van der Waals surface area contributed by atoms with Crippen LogP contribution < -0.4 is 5.32 Å². The Morgan fingerprint density at radius 3 is 2.10 bits per heavy atom. The van der Waals surface area contributed by atoms with Crippen LogP contribution >= 0.6 is 0 Å². The second kappa shape index (κ2) is 10.3. The molecule has 3 nitrogen and oxygen atoms in total. The van der Waals surface area contributed by atoms with Crippen molar-refractivity contribution in [3.8, 4) is 0 Å². The zero-order valence-electron chi connectivity index (χ0n) is 13.4. The summed E-state index contributed by atoms with van der Waals surface area (Å²) in [4.78, 5) is 10.8. The van der Waals surface area contributed by atoms with Gasteiger partial charge in [-0.25, -0.2) is 4.79 Å². The summed E-state index contributed by atoms with van der Waals surface area (Å²) in [6.45, 7) is 5.46. The zero-order chi connectivity index (χ0) is 15.5. The Morgan fingerprint density at radius 2 is 1.62 bits per heavy atom. The molecule has 0 unspecified atom stereocenters. The molecular formula is C18H29NO2. The molecule has 0 bridgehead atoms. The number of hydrogen-bond acceptors (Lipinski definition) is 2. The zero-order valence-corrected chi connectivity index (χ0v) is 13.4. The first-order valence-corrected chi connectivity index (χ1v) is 8.24. The fraction of sp³-hybridized carbons (Fsp3) is 0.611. The van der Waals surface area contributed by atoms with E-state index in [4.69, 9.17) is 5.11 Å². The van der Waals surface area contributed by atoms with Gasteiger partial charge in [0.2, 0.25) is 0 Å². The number of hydrogen-bond donors (Lipinski definition) is 2. The SMILES string of the molecule is CCCCC(CCCC)CCNc1ccc(C(=O)O)cc1. The van der Waals surface area contributed by atoms with Gasteiger partial charge in [-0.05, 0) is 36.6 Å². The van der Waals surface area contributed by atoms with E-state index >= 15 is 0 Å². The van der Waals surface area contributed by atoms with Crippen LogP contribution in [0.2, 0.25) is 0 Å². The summed E-state index contributed by atoms with van der Waals surface area (Å²) in [5, 5.41) is 12.3. The average Bonchev–Trinajstić information content (AvgIpc) is 2.50. The minimum Gasteiger partial charge on any atom is -0.478 e. The van der Waals surface area contributed by atoms with Crippen molar-refractivity contribution < 1.29 is 9.90 Å². The van der Waals surface area contributed by atoms with Gasteiger partial charge in [0.1, 0.15) is 0 Å². The molecular weight excluding hydrogens is 262 g/mol. The molecule has 0 spiro atoms. The molecule has 0 amide bonds. The smallest absolute Gasteiger partial charge is 0.335 e. The van der Waals surface area contributed by atoms with Crippen LogP contribution in [-0.2, 0) is 0 Å². The fourth-order valence-electron chi connectivity index (χ4n) is 2.57. The Hall–Kier alpha value is -1.51. The molecule has 0 saturated heterocycles. The maximum Gasteiger partial charge on any atom is 0.335 e. The third-order valence-electron chi connectivity index (χ3n) is 3.95. The first-order chi connectivity index (χ1) is 10.2. The molecule has 1 aromatic rings. The summed E-state index contributed by atoms with van der Waals surface area (Å²) in [6, 6.07) is 6.99. The molecule has 2 N–H and O–H groups in total. The number of unbranched alkanes of at least 4 members (excludes halogenated alkanes) is 2. The molecule has 3 heteroatoms. The average molecular weight is 291 g/mol. The van der Waals surface area contributed by atoms with Crippen LogP contribution in [0.25, 0.3) is 0 Å². The van der Waals surface area contributed by atoms with E-state index in [0.717, 1.165) is 18.2 Å². The lowest BCUT2D eigenvalue weighted by Crippen LogP contribution is -2.09. The highest BCUT2D eigenvalue weighted by Crippen LogP contribution is 2.20. The van der Waals surface area contributed by atoms with Gasteiger partial charge < -0.3 is 10.4 Å². The van der Waals surface area contributed by atoms with Gasteiger partial charge in [-0.3, -0.25) is 0 Å². The molecule has 0 saturated carbocycles. The Labute approximate surface area is 128 Å². The van der Waals surface area contributed by atoms with E-state index in [2.05, 4.69) is 19.2 Å². The highest BCUT2D eigenvalue weighted by atomic mass is 16.4. The second-order valence-electron chi connectivity index (χ2n) is 5.75. The van der Waals surface area contributed by atoms with E-state index in [1.807, 2.05) is 12.1 Å². The molecule has 0 radical (unpaired) electrons. The van der Waals surface area contributed by atoms with Crippen molar-refractivity contribution in [2.45, 2.75) is 58.8 Å². The van der Waals surface area contributed by atoms with Crippen LogP contribution in [0.5, 0.6) is 0 Å². The number of rotatable bonds is 11. The van der Waals surface area contributed by atoms with Gasteiger partial charge in [0, 0.05) is 12.2 Å². The minimum atomic E-state index is -0.874. The Kier molecular flexibility index (Phi) is 8.56. The summed E-state index contributed by atoms with van der Waals surface area (Å²) in [5.41, 5.74) is 1.34. The lowest BCUT2D eigenvalue weighted by atomic mass is 9.93.